The summed E-state index contributed by atoms with van der Waals surface area (Å²) in [4.78, 5) is 0. The van der Waals surface area contributed by atoms with Crippen molar-refractivity contribution in [3.63, 3.8) is 0 Å². The van der Waals surface area contributed by atoms with Gasteiger partial charge in [-0.05, 0) is 53.6 Å². The summed E-state index contributed by atoms with van der Waals surface area (Å²) < 4.78 is 0. The molecule has 1 nitrogen and oxygen atoms in total. The third kappa shape index (κ3) is 8.25. The Balaban J connectivity index is 0. The molecule has 4 heteroatoms. The molecule has 5 radical (unpaired) electrons. The molecule has 0 fully saturated rings. The number of hydrogen-bond donors (Lipinski definition) is 1. The predicted molar refractivity (Wildman–Crippen MR) is 110 cm³/mol. The van der Waals surface area contributed by atoms with Crippen molar-refractivity contribution in [2.75, 3.05) is 0 Å². The van der Waals surface area contributed by atoms with E-state index < -0.39 is 0 Å². The average molecular weight is 405 g/mol. The van der Waals surface area contributed by atoms with Crippen molar-refractivity contribution in [3.8, 4) is 5.75 Å². The van der Waals surface area contributed by atoms with Gasteiger partial charge in [0.25, 0.3) is 0 Å². The van der Waals surface area contributed by atoms with Crippen molar-refractivity contribution in [2.45, 2.75) is 73.4 Å². The zero-order chi connectivity index (χ0) is 19.1. The quantitative estimate of drug-likeness (QED) is 0.482. The van der Waals surface area contributed by atoms with Gasteiger partial charge < -0.3 is 5.11 Å². The fourth-order valence-electron chi connectivity index (χ4n) is 2.59. The maximum atomic E-state index is 10.0. The van der Waals surface area contributed by atoms with Crippen LogP contribution in [-0.4, -0.2) is 24.9 Å². The number of aromatic hydroxyl groups is 1. The van der Waals surface area contributed by atoms with E-state index in [0.717, 1.165) is 26.7 Å². The summed E-state index contributed by atoms with van der Waals surface area (Å²) in [5.74, 6) is 0.375. The third-order valence-electron chi connectivity index (χ3n) is 3.96. The maximum absolute atomic E-state index is 10.0. The molecule has 0 heterocycles. The van der Waals surface area contributed by atoms with Crippen molar-refractivity contribution in [2.24, 2.45) is 0 Å². The molecule has 1 aliphatic carbocycles. The molecule has 1 aromatic rings. The van der Waals surface area contributed by atoms with E-state index in [1.54, 1.807) is 0 Å². The van der Waals surface area contributed by atoms with Crippen LogP contribution < -0.4 is 5.19 Å². The zero-order valence-corrected chi connectivity index (χ0v) is 20.9. The van der Waals surface area contributed by atoms with E-state index in [9.17, 15) is 5.11 Å². The first-order chi connectivity index (χ1) is 11.0. The summed E-state index contributed by atoms with van der Waals surface area (Å²) in [5.41, 5.74) is 5.92. The third-order valence-corrected chi connectivity index (χ3v) is 4.45. The van der Waals surface area contributed by atoms with Gasteiger partial charge in [-0.1, -0.05) is 40.8 Å². The molecule has 0 bridgehead atoms. The van der Waals surface area contributed by atoms with E-state index in [0.29, 0.717) is 5.75 Å². The Morgan fingerprint density at radius 1 is 1.04 bits per heavy atom. The average Bonchev–Trinajstić information content (AvgIpc) is 2.94. The van der Waals surface area contributed by atoms with E-state index in [2.05, 4.69) is 83.1 Å². The van der Waals surface area contributed by atoms with Crippen LogP contribution in [0.25, 0.3) is 0 Å². The largest absolute Gasteiger partial charge is 0.508 e. The predicted octanol–water partition coefficient (Wildman–Crippen LogP) is 4.89. The van der Waals surface area contributed by atoms with Crippen LogP contribution in [0.15, 0.2) is 17.7 Å². The van der Waals surface area contributed by atoms with Gasteiger partial charge in [-0.25, -0.2) is 11.6 Å². The van der Waals surface area contributed by atoms with Gasteiger partial charge in [0.15, 0.2) is 0 Å². The number of phenolic OH excluding ortho intramolecular Hbond substituents is 1. The van der Waals surface area contributed by atoms with Gasteiger partial charge >= 0.3 is 0 Å². The SMILES string of the molecule is CC1=[C-]CC=C1.C[Si]C.Cc1c(C)c(O)c([Si])c(C(C)(C)C)c1C.[Ti]. The number of hydrogen-bond acceptors (Lipinski definition) is 1. The molecule has 0 atom stereocenters. The van der Waals surface area contributed by atoms with Gasteiger partial charge in [0.1, 0.15) is 5.75 Å². The Hall–Kier alpha value is -0.352. The van der Waals surface area contributed by atoms with E-state index in [1.165, 1.54) is 22.3 Å². The number of allylic oxidation sites excluding steroid dienone is 4. The Labute approximate surface area is 176 Å². The first kappa shape index (κ1) is 26.9. The van der Waals surface area contributed by atoms with E-state index >= 15 is 0 Å². The number of rotatable bonds is 0. The Bertz CT molecular complexity index is 580. The molecule has 1 N–H and O–H groups in total. The van der Waals surface area contributed by atoms with Gasteiger partial charge in [0, 0.05) is 31.2 Å². The first-order valence-electron chi connectivity index (χ1n) is 8.36. The molecule has 0 amide bonds. The zero-order valence-electron chi connectivity index (χ0n) is 17.3. The second kappa shape index (κ2) is 12.1. The fourth-order valence-corrected chi connectivity index (χ4v) is 3.34. The molecular formula is C21H32OSi2Ti-. The van der Waals surface area contributed by atoms with Crippen LogP contribution in [0.5, 0.6) is 5.75 Å². The molecule has 1 aliphatic rings. The molecular weight excluding hydrogens is 372 g/mol. The minimum atomic E-state index is 0. The Morgan fingerprint density at radius 2 is 1.52 bits per heavy atom. The molecule has 0 unspecified atom stereocenters. The topological polar surface area (TPSA) is 20.2 Å². The van der Waals surface area contributed by atoms with Crippen molar-refractivity contribution in [1.82, 2.24) is 0 Å². The summed E-state index contributed by atoms with van der Waals surface area (Å²) in [7, 11) is 4.64. The summed E-state index contributed by atoms with van der Waals surface area (Å²) in [6.45, 7) is 19.0. The van der Waals surface area contributed by atoms with Crippen LogP contribution in [0.3, 0.4) is 0 Å². The second-order valence-electron chi connectivity index (χ2n) is 7.19. The van der Waals surface area contributed by atoms with Crippen molar-refractivity contribution in [1.29, 1.82) is 0 Å². The van der Waals surface area contributed by atoms with Crippen LogP contribution in [0.2, 0.25) is 13.1 Å². The number of phenols is 1. The summed E-state index contributed by atoms with van der Waals surface area (Å²) >= 11 is 0. The van der Waals surface area contributed by atoms with E-state index in [4.69, 9.17) is 0 Å². The van der Waals surface area contributed by atoms with Gasteiger partial charge in [-0.3, -0.25) is 6.08 Å². The minimum Gasteiger partial charge on any atom is -0.508 e. The molecule has 25 heavy (non-hydrogen) atoms. The van der Waals surface area contributed by atoms with Crippen LogP contribution >= 0.6 is 0 Å². The van der Waals surface area contributed by atoms with Gasteiger partial charge in [0.2, 0.25) is 0 Å². The fraction of sp³-hybridized carbons (Fsp3) is 0.524. The molecule has 0 aromatic heterocycles. The van der Waals surface area contributed by atoms with Crippen molar-refractivity contribution in [3.05, 3.63) is 46.1 Å². The van der Waals surface area contributed by atoms with Gasteiger partial charge in [0.05, 0.1) is 10.2 Å². The monoisotopic (exact) mass is 404 g/mol. The van der Waals surface area contributed by atoms with Crippen LogP contribution in [-0.2, 0) is 27.1 Å². The second-order valence-corrected chi connectivity index (χ2v) is 8.69. The van der Waals surface area contributed by atoms with Gasteiger partial charge in [-0.15, -0.1) is 6.42 Å². The van der Waals surface area contributed by atoms with Crippen LogP contribution in [0.1, 0.15) is 56.4 Å². The van der Waals surface area contributed by atoms with Crippen LogP contribution in [0, 0.1) is 26.8 Å². The molecule has 0 spiro atoms. The standard InChI is InChI=1S/C13H19OSi.C6H7.C2H6Si.Ti/c1-7-8(2)10(13(4,5)6)12(15)11(14)9(7)3;1-6-4-2-3-5-6;1-3-2;/h14H,1-6H3;2,4H,3H2,1H3;1-2H3;/q;-1;;. The maximum Gasteiger partial charge on any atom is 0.117 e. The van der Waals surface area contributed by atoms with Gasteiger partial charge in [-0.2, -0.15) is 6.08 Å². The van der Waals surface area contributed by atoms with Crippen molar-refractivity contribution < 1.29 is 26.8 Å². The van der Waals surface area contributed by atoms with Crippen molar-refractivity contribution >= 4 is 24.9 Å². The number of benzene rings is 1. The molecule has 0 aliphatic heterocycles. The molecule has 135 valence electrons. The van der Waals surface area contributed by atoms with E-state index in [-0.39, 0.29) is 27.1 Å². The minimum absolute atomic E-state index is 0. The molecule has 0 saturated carbocycles. The normalized spacial score (nSPS) is 12.3. The van der Waals surface area contributed by atoms with E-state index in [1.807, 2.05) is 6.92 Å². The first-order valence-corrected chi connectivity index (χ1v) is 10.9. The molecule has 2 rings (SSSR count). The summed E-state index contributed by atoms with van der Waals surface area (Å²) in [5, 5.41) is 10.8. The molecule has 1 aromatic carbocycles. The Morgan fingerprint density at radius 3 is 1.80 bits per heavy atom. The smallest absolute Gasteiger partial charge is 0.117 e. The summed E-state index contributed by atoms with van der Waals surface area (Å²) in [6, 6.07) is 0. The summed E-state index contributed by atoms with van der Waals surface area (Å²) in [6.07, 6.45) is 8.33. The Kier molecular flexibility index (Phi) is 13.0. The van der Waals surface area contributed by atoms with Crippen LogP contribution in [0.4, 0.5) is 0 Å². The molecule has 0 saturated heterocycles.